The fourth-order valence-electron chi connectivity index (χ4n) is 3.52. The molecule has 0 aliphatic heterocycles. The summed E-state index contributed by atoms with van der Waals surface area (Å²) in [6, 6.07) is 0. The van der Waals surface area contributed by atoms with E-state index in [4.69, 9.17) is 0 Å². The van der Waals surface area contributed by atoms with Gasteiger partial charge >= 0.3 is 0 Å². The summed E-state index contributed by atoms with van der Waals surface area (Å²) in [4.78, 5) is 13.8. The second kappa shape index (κ2) is 5.80. The van der Waals surface area contributed by atoms with Crippen LogP contribution in [-0.2, 0) is 4.79 Å². The molecule has 2 saturated carbocycles. The van der Waals surface area contributed by atoms with Gasteiger partial charge in [-0.2, -0.15) is 0 Å². The molecule has 2 fully saturated rings. The molecule has 0 bridgehead atoms. The van der Waals surface area contributed by atoms with E-state index in [0.717, 1.165) is 57.8 Å². The highest BCUT2D eigenvalue weighted by atomic mass is 16.3. The van der Waals surface area contributed by atoms with Crippen LogP contribution in [-0.4, -0.2) is 45.8 Å². The van der Waals surface area contributed by atoms with Crippen molar-refractivity contribution >= 4 is 5.91 Å². The highest BCUT2D eigenvalue weighted by Gasteiger charge is 2.36. The fourth-order valence-corrected chi connectivity index (χ4v) is 3.52. The summed E-state index contributed by atoms with van der Waals surface area (Å²) in [6.07, 6.45) is 8.52. The SMILES string of the molecule is CN(CC1(O)CCCC1)C(=O)CC1(O)CCCCC1. The van der Waals surface area contributed by atoms with Crippen molar-refractivity contribution in [3.8, 4) is 0 Å². The first kappa shape index (κ1) is 14.8. The Morgan fingerprint density at radius 3 is 2.00 bits per heavy atom. The maximum absolute atomic E-state index is 12.2. The summed E-state index contributed by atoms with van der Waals surface area (Å²) in [5, 5.41) is 20.7. The summed E-state index contributed by atoms with van der Waals surface area (Å²) in [5.74, 6) is -0.0373. The lowest BCUT2D eigenvalue weighted by atomic mass is 9.82. The van der Waals surface area contributed by atoms with Gasteiger partial charge < -0.3 is 15.1 Å². The largest absolute Gasteiger partial charge is 0.389 e. The Kier molecular flexibility index (Phi) is 4.51. The standard InChI is InChI=1S/C15H27NO3/c1-16(12-15(19)9-5-6-10-15)13(17)11-14(18)7-3-2-4-8-14/h18-19H,2-12H2,1H3. The molecule has 2 aliphatic rings. The van der Waals surface area contributed by atoms with E-state index in [-0.39, 0.29) is 12.3 Å². The van der Waals surface area contributed by atoms with Gasteiger partial charge in [0.25, 0.3) is 0 Å². The molecular formula is C15H27NO3. The number of hydrogen-bond donors (Lipinski definition) is 2. The number of likely N-dealkylation sites (N-methyl/N-ethyl adjacent to an activating group) is 1. The molecule has 110 valence electrons. The molecule has 0 aromatic rings. The van der Waals surface area contributed by atoms with Crippen molar-refractivity contribution in [3.05, 3.63) is 0 Å². The van der Waals surface area contributed by atoms with Gasteiger partial charge in [-0.05, 0) is 25.7 Å². The van der Waals surface area contributed by atoms with E-state index in [0.29, 0.717) is 6.54 Å². The summed E-state index contributed by atoms with van der Waals surface area (Å²) in [6.45, 7) is 0.405. The highest BCUT2D eigenvalue weighted by molar-refractivity contribution is 5.77. The molecule has 0 radical (unpaired) electrons. The first-order valence-electron chi connectivity index (χ1n) is 7.61. The van der Waals surface area contributed by atoms with E-state index in [1.54, 1.807) is 11.9 Å². The molecule has 2 aliphatic carbocycles. The second-order valence-electron chi connectivity index (χ2n) is 6.64. The van der Waals surface area contributed by atoms with Crippen LogP contribution in [0.15, 0.2) is 0 Å². The lowest BCUT2D eigenvalue weighted by molar-refractivity contribution is -0.139. The number of hydrogen-bond acceptors (Lipinski definition) is 3. The Labute approximate surface area is 115 Å². The number of rotatable bonds is 4. The second-order valence-corrected chi connectivity index (χ2v) is 6.64. The monoisotopic (exact) mass is 269 g/mol. The lowest BCUT2D eigenvalue weighted by Crippen LogP contribution is -2.45. The molecule has 0 spiro atoms. The third-order valence-corrected chi connectivity index (χ3v) is 4.76. The molecule has 0 atom stereocenters. The van der Waals surface area contributed by atoms with Crippen molar-refractivity contribution in [2.75, 3.05) is 13.6 Å². The first-order valence-corrected chi connectivity index (χ1v) is 7.61. The van der Waals surface area contributed by atoms with Gasteiger partial charge in [0.15, 0.2) is 0 Å². The summed E-state index contributed by atoms with van der Waals surface area (Å²) in [7, 11) is 1.74. The van der Waals surface area contributed by atoms with Crippen molar-refractivity contribution < 1.29 is 15.0 Å². The van der Waals surface area contributed by atoms with Crippen LogP contribution >= 0.6 is 0 Å². The average Bonchev–Trinajstić information content (AvgIpc) is 2.76. The zero-order valence-electron chi connectivity index (χ0n) is 12.0. The highest BCUT2D eigenvalue weighted by Crippen LogP contribution is 2.33. The van der Waals surface area contributed by atoms with Crippen molar-refractivity contribution in [3.63, 3.8) is 0 Å². The number of nitrogens with zero attached hydrogens (tertiary/aromatic N) is 1. The minimum absolute atomic E-state index is 0.0373. The van der Waals surface area contributed by atoms with Gasteiger partial charge in [0.05, 0.1) is 17.6 Å². The Hall–Kier alpha value is -0.610. The van der Waals surface area contributed by atoms with E-state index in [1.165, 1.54) is 0 Å². The molecule has 4 nitrogen and oxygen atoms in total. The molecule has 4 heteroatoms. The number of aliphatic hydroxyl groups is 2. The maximum atomic E-state index is 12.2. The van der Waals surface area contributed by atoms with E-state index < -0.39 is 11.2 Å². The molecule has 2 N–H and O–H groups in total. The molecule has 0 heterocycles. The van der Waals surface area contributed by atoms with Crippen LogP contribution in [0, 0.1) is 0 Å². The third-order valence-electron chi connectivity index (χ3n) is 4.76. The fraction of sp³-hybridized carbons (Fsp3) is 0.933. The minimum Gasteiger partial charge on any atom is -0.389 e. The quantitative estimate of drug-likeness (QED) is 0.818. The normalized spacial score (nSPS) is 25.2. The molecule has 0 unspecified atom stereocenters. The average molecular weight is 269 g/mol. The van der Waals surface area contributed by atoms with Crippen molar-refractivity contribution in [1.29, 1.82) is 0 Å². The van der Waals surface area contributed by atoms with E-state index in [1.807, 2.05) is 0 Å². The number of carbonyl (C=O) groups is 1. The molecular weight excluding hydrogens is 242 g/mol. The first-order chi connectivity index (χ1) is 8.93. The maximum Gasteiger partial charge on any atom is 0.225 e. The van der Waals surface area contributed by atoms with Crippen LogP contribution < -0.4 is 0 Å². The van der Waals surface area contributed by atoms with Crippen LogP contribution in [0.2, 0.25) is 0 Å². The molecule has 0 aromatic carbocycles. The van der Waals surface area contributed by atoms with E-state index >= 15 is 0 Å². The van der Waals surface area contributed by atoms with Gasteiger partial charge in [-0.1, -0.05) is 32.1 Å². The summed E-state index contributed by atoms with van der Waals surface area (Å²) in [5.41, 5.74) is -1.50. The molecule has 2 rings (SSSR count). The lowest BCUT2D eigenvalue weighted by Gasteiger charge is -2.34. The molecule has 0 saturated heterocycles. The number of amides is 1. The smallest absolute Gasteiger partial charge is 0.225 e. The van der Waals surface area contributed by atoms with Crippen LogP contribution in [0.25, 0.3) is 0 Å². The molecule has 19 heavy (non-hydrogen) atoms. The van der Waals surface area contributed by atoms with Gasteiger partial charge in [-0.25, -0.2) is 0 Å². The summed E-state index contributed by atoms with van der Waals surface area (Å²) >= 11 is 0. The van der Waals surface area contributed by atoms with Gasteiger partial charge in [0, 0.05) is 13.6 Å². The van der Waals surface area contributed by atoms with Crippen LogP contribution in [0.3, 0.4) is 0 Å². The Morgan fingerprint density at radius 1 is 0.947 bits per heavy atom. The third kappa shape index (κ3) is 3.93. The van der Waals surface area contributed by atoms with Crippen LogP contribution in [0.1, 0.15) is 64.2 Å². The van der Waals surface area contributed by atoms with Gasteiger partial charge in [-0.3, -0.25) is 4.79 Å². The topological polar surface area (TPSA) is 60.8 Å². The van der Waals surface area contributed by atoms with Crippen LogP contribution in [0.4, 0.5) is 0 Å². The zero-order chi connectivity index (χ0) is 13.9. The van der Waals surface area contributed by atoms with E-state index in [2.05, 4.69) is 0 Å². The minimum atomic E-state index is -0.804. The Balaban J connectivity index is 1.84. The zero-order valence-corrected chi connectivity index (χ0v) is 12.0. The molecule has 0 aromatic heterocycles. The number of carbonyl (C=O) groups excluding carboxylic acids is 1. The van der Waals surface area contributed by atoms with Crippen molar-refractivity contribution in [1.82, 2.24) is 4.90 Å². The van der Waals surface area contributed by atoms with Gasteiger partial charge in [-0.15, -0.1) is 0 Å². The van der Waals surface area contributed by atoms with E-state index in [9.17, 15) is 15.0 Å². The predicted molar refractivity (Wildman–Crippen MR) is 73.7 cm³/mol. The Morgan fingerprint density at radius 2 is 1.42 bits per heavy atom. The van der Waals surface area contributed by atoms with Crippen molar-refractivity contribution in [2.24, 2.45) is 0 Å². The van der Waals surface area contributed by atoms with Crippen molar-refractivity contribution in [2.45, 2.75) is 75.4 Å². The Bertz CT molecular complexity index is 317. The predicted octanol–water partition coefficient (Wildman–Crippen LogP) is 1.84. The van der Waals surface area contributed by atoms with Gasteiger partial charge in [0.2, 0.25) is 5.91 Å². The van der Waals surface area contributed by atoms with Crippen LogP contribution in [0.5, 0.6) is 0 Å². The van der Waals surface area contributed by atoms with Gasteiger partial charge in [0.1, 0.15) is 0 Å². The summed E-state index contributed by atoms with van der Waals surface area (Å²) < 4.78 is 0. The molecule has 1 amide bonds.